The van der Waals surface area contributed by atoms with Crippen LogP contribution < -0.4 is 5.32 Å². The molecule has 1 fully saturated rings. The summed E-state index contributed by atoms with van der Waals surface area (Å²) in [6.45, 7) is 0.641. The van der Waals surface area contributed by atoms with Crippen molar-refractivity contribution < 1.29 is 4.79 Å². The molecule has 0 aliphatic carbocycles. The van der Waals surface area contributed by atoms with Crippen molar-refractivity contribution in [3.05, 3.63) is 29.0 Å². The van der Waals surface area contributed by atoms with Gasteiger partial charge in [-0.05, 0) is 24.6 Å². The third-order valence-corrected chi connectivity index (χ3v) is 4.07. The van der Waals surface area contributed by atoms with Crippen LogP contribution in [0, 0.1) is 0 Å². The maximum absolute atomic E-state index is 11.3. The van der Waals surface area contributed by atoms with Crippen LogP contribution >= 0.6 is 23.2 Å². The van der Waals surface area contributed by atoms with E-state index in [-0.39, 0.29) is 11.9 Å². The molecule has 0 radical (unpaired) electrons. The number of nitrogens with one attached hydrogen (secondary N) is 1. The number of halogens is 2. The number of rotatable bonds is 3. The van der Waals surface area contributed by atoms with Crippen molar-refractivity contribution in [1.29, 1.82) is 0 Å². The lowest BCUT2D eigenvalue weighted by molar-refractivity contribution is -0.122. The van der Waals surface area contributed by atoms with Gasteiger partial charge in [-0.15, -0.1) is 11.6 Å². The summed E-state index contributed by atoms with van der Waals surface area (Å²) in [6, 6.07) is 5.95. The smallest absolute Gasteiger partial charge is 0.220 e. The van der Waals surface area contributed by atoms with Crippen LogP contribution in [0.3, 0.4) is 0 Å². The number of benzene rings is 1. The van der Waals surface area contributed by atoms with E-state index in [0.29, 0.717) is 30.3 Å². The van der Waals surface area contributed by atoms with Gasteiger partial charge in [-0.2, -0.15) is 0 Å². The molecule has 2 aromatic rings. The Balaban J connectivity index is 2.06. The van der Waals surface area contributed by atoms with Gasteiger partial charge in [0.15, 0.2) is 0 Å². The molecule has 1 atom stereocenters. The fraction of sp³-hybridized carbons (Fsp3) is 0.429. The van der Waals surface area contributed by atoms with Gasteiger partial charge in [-0.25, -0.2) is 4.98 Å². The van der Waals surface area contributed by atoms with E-state index in [1.807, 2.05) is 18.2 Å². The molecular weight excluding hydrogens is 297 g/mol. The molecule has 1 unspecified atom stereocenters. The average molecular weight is 312 g/mol. The van der Waals surface area contributed by atoms with Gasteiger partial charge < -0.3 is 9.88 Å². The van der Waals surface area contributed by atoms with Crippen molar-refractivity contribution in [3.8, 4) is 0 Å². The Morgan fingerprint density at radius 1 is 1.45 bits per heavy atom. The number of fused-ring (bicyclic) bond motifs is 1. The summed E-state index contributed by atoms with van der Waals surface area (Å²) in [6.07, 6.45) is 2.09. The van der Waals surface area contributed by atoms with E-state index in [0.717, 1.165) is 23.3 Å². The number of imidazole rings is 1. The molecule has 1 saturated heterocycles. The number of aryl methyl sites for hydroxylation is 1. The summed E-state index contributed by atoms with van der Waals surface area (Å²) in [5, 5.41) is 3.60. The topological polar surface area (TPSA) is 46.9 Å². The lowest BCUT2D eigenvalue weighted by Crippen LogP contribution is -2.36. The third-order valence-electron chi connectivity index (χ3n) is 3.65. The zero-order valence-corrected chi connectivity index (χ0v) is 12.4. The summed E-state index contributed by atoms with van der Waals surface area (Å²) >= 11 is 11.9. The first kappa shape index (κ1) is 13.7. The van der Waals surface area contributed by atoms with E-state index in [2.05, 4.69) is 14.9 Å². The van der Waals surface area contributed by atoms with Crippen molar-refractivity contribution in [2.75, 3.05) is 12.4 Å². The van der Waals surface area contributed by atoms with Crippen LogP contribution in [0.15, 0.2) is 18.2 Å². The molecule has 6 heteroatoms. The van der Waals surface area contributed by atoms with Crippen LogP contribution in [-0.4, -0.2) is 27.9 Å². The van der Waals surface area contributed by atoms with Gasteiger partial charge in [-0.1, -0.05) is 11.6 Å². The predicted molar refractivity (Wildman–Crippen MR) is 80.4 cm³/mol. The zero-order chi connectivity index (χ0) is 14.1. The Hall–Kier alpha value is -1.26. The van der Waals surface area contributed by atoms with Gasteiger partial charge in [0.2, 0.25) is 5.91 Å². The molecule has 20 heavy (non-hydrogen) atoms. The molecule has 2 heterocycles. The van der Waals surface area contributed by atoms with Crippen LogP contribution in [0.25, 0.3) is 11.0 Å². The number of carbonyl (C=O) groups is 1. The van der Waals surface area contributed by atoms with Crippen molar-refractivity contribution in [2.45, 2.75) is 25.3 Å². The Morgan fingerprint density at radius 3 is 3.00 bits per heavy atom. The van der Waals surface area contributed by atoms with Crippen LogP contribution in [0.2, 0.25) is 5.02 Å². The number of hydrogen-bond donors (Lipinski definition) is 1. The average Bonchev–Trinajstić information content (AvgIpc) is 2.77. The molecule has 1 aromatic carbocycles. The van der Waals surface area contributed by atoms with Gasteiger partial charge >= 0.3 is 0 Å². The van der Waals surface area contributed by atoms with Gasteiger partial charge in [0.25, 0.3) is 0 Å². The first-order valence-electron chi connectivity index (χ1n) is 6.68. The van der Waals surface area contributed by atoms with E-state index in [4.69, 9.17) is 23.2 Å². The monoisotopic (exact) mass is 311 g/mol. The molecule has 1 aliphatic rings. The van der Waals surface area contributed by atoms with E-state index in [1.165, 1.54) is 0 Å². The minimum absolute atomic E-state index is 0.118. The van der Waals surface area contributed by atoms with E-state index < -0.39 is 0 Å². The van der Waals surface area contributed by atoms with Gasteiger partial charge in [-0.3, -0.25) is 4.79 Å². The molecule has 0 spiro atoms. The summed E-state index contributed by atoms with van der Waals surface area (Å²) in [7, 11) is 0. The second kappa shape index (κ2) is 5.62. The highest BCUT2D eigenvalue weighted by molar-refractivity contribution is 6.31. The minimum Gasteiger partial charge on any atom is -0.354 e. The summed E-state index contributed by atoms with van der Waals surface area (Å²) < 4.78 is 2.20. The predicted octanol–water partition coefficient (Wildman–Crippen LogP) is 2.92. The van der Waals surface area contributed by atoms with Crippen molar-refractivity contribution in [1.82, 2.24) is 14.9 Å². The molecule has 0 bridgehead atoms. The van der Waals surface area contributed by atoms with Gasteiger partial charge in [0.05, 0.1) is 17.1 Å². The van der Waals surface area contributed by atoms with Crippen LogP contribution in [0.4, 0.5) is 0 Å². The molecule has 1 aromatic heterocycles. The lowest BCUT2D eigenvalue weighted by Gasteiger charge is -2.26. The minimum atomic E-state index is 0.118. The quantitative estimate of drug-likeness (QED) is 0.886. The second-order valence-electron chi connectivity index (χ2n) is 4.97. The van der Waals surface area contributed by atoms with Crippen LogP contribution in [0.5, 0.6) is 0 Å². The van der Waals surface area contributed by atoms with Gasteiger partial charge in [0, 0.05) is 30.3 Å². The molecule has 1 aliphatic heterocycles. The largest absolute Gasteiger partial charge is 0.354 e. The number of piperidine rings is 1. The van der Waals surface area contributed by atoms with Gasteiger partial charge in [0.1, 0.15) is 5.82 Å². The van der Waals surface area contributed by atoms with Crippen molar-refractivity contribution in [3.63, 3.8) is 0 Å². The SMILES string of the molecule is O=C1CCC(n2c(CCCl)nc3cc(Cl)ccc32)CN1. The van der Waals surface area contributed by atoms with E-state index in [9.17, 15) is 4.79 Å². The fourth-order valence-corrected chi connectivity index (χ4v) is 3.07. The van der Waals surface area contributed by atoms with Crippen molar-refractivity contribution in [2.24, 2.45) is 0 Å². The molecule has 1 amide bonds. The fourth-order valence-electron chi connectivity index (χ4n) is 2.73. The normalized spacial score (nSPS) is 19.3. The Labute approximate surface area is 127 Å². The maximum Gasteiger partial charge on any atom is 0.220 e. The number of nitrogens with zero attached hydrogens (tertiary/aromatic N) is 2. The highest BCUT2D eigenvalue weighted by Gasteiger charge is 2.23. The number of alkyl halides is 1. The van der Waals surface area contributed by atoms with E-state index >= 15 is 0 Å². The summed E-state index contributed by atoms with van der Waals surface area (Å²) in [5.74, 6) is 1.60. The molecule has 106 valence electrons. The zero-order valence-electron chi connectivity index (χ0n) is 10.9. The molecular formula is C14H15Cl2N3O. The molecule has 4 nitrogen and oxygen atoms in total. The Kier molecular flexibility index (Phi) is 3.85. The van der Waals surface area contributed by atoms with Crippen molar-refractivity contribution >= 4 is 40.1 Å². The highest BCUT2D eigenvalue weighted by atomic mass is 35.5. The first-order valence-corrected chi connectivity index (χ1v) is 7.59. The first-order chi connectivity index (χ1) is 9.69. The van der Waals surface area contributed by atoms with E-state index in [1.54, 1.807) is 0 Å². The lowest BCUT2D eigenvalue weighted by atomic mass is 10.1. The Morgan fingerprint density at radius 2 is 2.30 bits per heavy atom. The summed E-state index contributed by atoms with van der Waals surface area (Å²) in [4.78, 5) is 16.0. The number of amides is 1. The number of carbonyl (C=O) groups excluding carboxylic acids is 1. The number of hydrogen-bond acceptors (Lipinski definition) is 2. The second-order valence-corrected chi connectivity index (χ2v) is 5.78. The molecule has 0 saturated carbocycles. The third kappa shape index (κ3) is 2.50. The van der Waals surface area contributed by atoms with Crippen LogP contribution in [0.1, 0.15) is 24.7 Å². The Bertz CT molecular complexity index is 643. The van der Waals surface area contributed by atoms with Crippen LogP contribution in [-0.2, 0) is 11.2 Å². The molecule has 1 N–H and O–H groups in total. The number of aromatic nitrogens is 2. The molecule has 3 rings (SSSR count). The summed E-state index contributed by atoms with van der Waals surface area (Å²) in [5.41, 5.74) is 1.94. The highest BCUT2D eigenvalue weighted by Crippen LogP contribution is 2.27. The standard InChI is InChI=1S/C14H15Cl2N3O/c15-6-5-13-18-11-7-9(16)1-3-12(11)19(13)10-2-4-14(20)17-8-10/h1,3,7,10H,2,4-6,8H2,(H,17,20). The maximum atomic E-state index is 11.3.